The Balaban J connectivity index is 1.74. The van der Waals surface area contributed by atoms with Gasteiger partial charge in [-0.05, 0) is 48.4 Å². The van der Waals surface area contributed by atoms with E-state index in [0.717, 1.165) is 17.8 Å². The third-order valence-corrected chi connectivity index (χ3v) is 5.19. The number of amides is 1. The molecule has 152 valence electrons. The van der Waals surface area contributed by atoms with Crippen LogP contribution >= 0.6 is 22.7 Å². The molecule has 0 aliphatic rings. The minimum Gasteiger partial charge on any atom is -0.493 e. The maximum atomic E-state index is 12.6. The largest absolute Gasteiger partial charge is 0.493 e. The molecular formula is C20H20N2O5S2. The van der Waals surface area contributed by atoms with E-state index in [1.807, 2.05) is 25.3 Å². The van der Waals surface area contributed by atoms with Gasteiger partial charge in [0.2, 0.25) is 0 Å². The average Bonchev–Trinajstić information content (AvgIpc) is 3.33. The number of aromatic nitrogens is 1. The monoisotopic (exact) mass is 432 g/mol. The summed E-state index contributed by atoms with van der Waals surface area (Å²) in [5.41, 5.74) is 1.42. The van der Waals surface area contributed by atoms with Crippen LogP contribution in [0.3, 0.4) is 0 Å². The predicted molar refractivity (Wildman–Crippen MR) is 113 cm³/mol. The Kier molecular flexibility index (Phi) is 6.84. The predicted octanol–water partition coefficient (Wildman–Crippen LogP) is 4.56. The lowest BCUT2D eigenvalue weighted by atomic mass is 10.2. The van der Waals surface area contributed by atoms with Gasteiger partial charge in [-0.2, -0.15) is 11.3 Å². The van der Waals surface area contributed by atoms with Gasteiger partial charge in [0.05, 0.1) is 12.7 Å². The number of anilines is 1. The summed E-state index contributed by atoms with van der Waals surface area (Å²) in [4.78, 5) is 27.5. The van der Waals surface area contributed by atoms with Crippen molar-refractivity contribution in [3.05, 3.63) is 57.2 Å². The number of nitrogens with one attached hydrogen (secondary N) is 1. The van der Waals surface area contributed by atoms with Crippen molar-refractivity contribution in [2.75, 3.05) is 11.9 Å². The summed E-state index contributed by atoms with van der Waals surface area (Å²) in [5, 5.41) is 17.2. The Bertz CT molecular complexity index is 983. The maximum Gasteiger partial charge on any atom is 0.355 e. The number of carbonyl (C=O) groups excluding carboxylic acids is 1. The lowest BCUT2D eigenvalue weighted by Crippen LogP contribution is -2.14. The van der Waals surface area contributed by atoms with E-state index in [4.69, 9.17) is 14.6 Å². The molecule has 2 aromatic heterocycles. The summed E-state index contributed by atoms with van der Waals surface area (Å²) in [6, 6.07) is 7.04. The van der Waals surface area contributed by atoms with Gasteiger partial charge in [0.15, 0.2) is 10.8 Å². The molecule has 3 rings (SSSR count). The zero-order chi connectivity index (χ0) is 20.8. The fraction of sp³-hybridized carbons (Fsp3) is 0.250. The van der Waals surface area contributed by atoms with Crippen LogP contribution < -0.4 is 14.8 Å². The fourth-order valence-electron chi connectivity index (χ4n) is 2.45. The van der Waals surface area contributed by atoms with Gasteiger partial charge in [-0.15, -0.1) is 11.3 Å². The smallest absolute Gasteiger partial charge is 0.355 e. The van der Waals surface area contributed by atoms with Crippen molar-refractivity contribution < 1.29 is 24.2 Å². The third kappa shape index (κ3) is 6.03. The quantitative estimate of drug-likeness (QED) is 0.514. The van der Waals surface area contributed by atoms with Gasteiger partial charge in [0, 0.05) is 23.4 Å². The van der Waals surface area contributed by atoms with Crippen molar-refractivity contribution in [1.29, 1.82) is 0 Å². The standard InChI is InChI=1S/C20H20N2O5S2/c1-12(2)27-16-8-14(18(23)22-20-21-17(11-29-20)19(24)25)7-15(9-16)26-5-3-13-4-6-28-10-13/h4,6-12H,3,5H2,1-2H3,(H,24,25)(H,21,22,23). The number of nitrogens with zero attached hydrogens (tertiary/aromatic N) is 1. The van der Waals surface area contributed by atoms with Crippen molar-refractivity contribution in [2.45, 2.75) is 26.4 Å². The van der Waals surface area contributed by atoms with Crippen LogP contribution in [-0.2, 0) is 6.42 Å². The molecule has 0 atom stereocenters. The molecule has 1 amide bonds. The normalized spacial score (nSPS) is 10.7. The molecule has 0 fully saturated rings. The molecule has 0 bridgehead atoms. The summed E-state index contributed by atoms with van der Waals surface area (Å²) in [6.07, 6.45) is 0.696. The van der Waals surface area contributed by atoms with E-state index in [-0.39, 0.29) is 16.9 Å². The van der Waals surface area contributed by atoms with E-state index in [1.54, 1.807) is 29.5 Å². The highest BCUT2D eigenvalue weighted by Crippen LogP contribution is 2.26. The SMILES string of the molecule is CC(C)Oc1cc(OCCc2ccsc2)cc(C(=O)Nc2nc(C(=O)O)cs2)c1. The number of thiophene rings is 1. The molecule has 3 aromatic rings. The number of benzene rings is 1. The lowest BCUT2D eigenvalue weighted by molar-refractivity contribution is 0.0691. The Hall–Kier alpha value is -2.91. The van der Waals surface area contributed by atoms with Crippen LogP contribution in [0.1, 0.15) is 40.3 Å². The number of hydrogen-bond acceptors (Lipinski definition) is 7. The number of thiazole rings is 1. The van der Waals surface area contributed by atoms with Crippen molar-refractivity contribution in [3.63, 3.8) is 0 Å². The average molecular weight is 433 g/mol. The van der Waals surface area contributed by atoms with Crippen molar-refractivity contribution in [1.82, 2.24) is 4.98 Å². The highest BCUT2D eigenvalue weighted by atomic mass is 32.1. The van der Waals surface area contributed by atoms with Crippen LogP contribution in [0, 0.1) is 0 Å². The molecule has 0 unspecified atom stereocenters. The number of ether oxygens (including phenoxy) is 2. The van der Waals surface area contributed by atoms with Crippen LogP contribution in [0.4, 0.5) is 5.13 Å². The van der Waals surface area contributed by atoms with Gasteiger partial charge in [-0.1, -0.05) is 0 Å². The maximum absolute atomic E-state index is 12.6. The summed E-state index contributed by atoms with van der Waals surface area (Å²) in [7, 11) is 0. The van der Waals surface area contributed by atoms with E-state index in [9.17, 15) is 9.59 Å². The van der Waals surface area contributed by atoms with Crippen LogP contribution in [0.5, 0.6) is 11.5 Å². The summed E-state index contributed by atoms with van der Waals surface area (Å²) < 4.78 is 11.6. The lowest BCUT2D eigenvalue weighted by Gasteiger charge is -2.14. The molecule has 2 N–H and O–H groups in total. The van der Waals surface area contributed by atoms with Crippen molar-refractivity contribution in [2.24, 2.45) is 0 Å². The van der Waals surface area contributed by atoms with Gasteiger partial charge in [0.1, 0.15) is 11.5 Å². The summed E-state index contributed by atoms with van der Waals surface area (Å²) in [5.74, 6) is -0.527. The molecule has 9 heteroatoms. The van der Waals surface area contributed by atoms with Crippen LogP contribution in [0.15, 0.2) is 40.4 Å². The Morgan fingerprint density at radius 2 is 2.00 bits per heavy atom. The van der Waals surface area contributed by atoms with E-state index in [2.05, 4.69) is 15.7 Å². The van der Waals surface area contributed by atoms with E-state index in [1.165, 1.54) is 10.9 Å². The Labute approximate surface area is 175 Å². The molecular weight excluding hydrogens is 412 g/mol. The summed E-state index contributed by atoms with van der Waals surface area (Å²) >= 11 is 2.68. The zero-order valence-corrected chi connectivity index (χ0v) is 17.5. The van der Waals surface area contributed by atoms with E-state index >= 15 is 0 Å². The zero-order valence-electron chi connectivity index (χ0n) is 15.9. The molecule has 1 aromatic carbocycles. The topological polar surface area (TPSA) is 97.8 Å². The Morgan fingerprint density at radius 1 is 1.21 bits per heavy atom. The minimum atomic E-state index is -1.14. The fourth-order valence-corrected chi connectivity index (χ4v) is 3.83. The van der Waals surface area contributed by atoms with Gasteiger partial charge in [0.25, 0.3) is 5.91 Å². The minimum absolute atomic E-state index is 0.0657. The Morgan fingerprint density at radius 3 is 2.66 bits per heavy atom. The second-order valence-corrected chi connectivity index (χ2v) is 8.03. The number of aromatic carboxylic acids is 1. The second-order valence-electron chi connectivity index (χ2n) is 6.39. The van der Waals surface area contributed by atoms with Gasteiger partial charge >= 0.3 is 5.97 Å². The molecule has 29 heavy (non-hydrogen) atoms. The van der Waals surface area contributed by atoms with E-state index < -0.39 is 11.9 Å². The number of carboxylic acids is 1. The van der Waals surface area contributed by atoms with E-state index in [0.29, 0.717) is 23.7 Å². The van der Waals surface area contributed by atoms with Crippen molar-refractivity contribution in [3.8, 4) is 11.5 Å². The third-order valence-electron chi connectivity index (χ3n) is 3.70. The molecule has 0 spiro atoms. The first-order valence-corrected chi connectivity index (χ1v) is 10.7. The molecule has 2 heterocycles. The highest BCUT2D eigenvalue weighted by Gasteiger charge is 2.15. The van der Waals surface area contributed by atoms with Crippen molar-refractivity contribution >= 4 is 39.7 Å². The first-order chi connectivity index (χ1) is 13.9. The van der Waals surface area contributed by atoms with Crippen LogP contribution in [0.2, 0.25) is 0 Å². The van der Waals surface area contributed by atoms with Gasteiger partial charge in [-0.25, -0.2) is 9.78 Å². The molecule has 7 nitrogen and oxygen atoms in total. The van der Waals surface area contributed by atoms with Crippen LogP contribution in [-0.4, -0.2) is 34.7 Å². The van der Waals surface area contributed by atoms with Crippen LogP contribution in [0.25, 0.3) is 0 Å². The molecule has 0 saturated carbocycles. The number of carboxylic acid groups (broad SMARTS) is 1. The molecule has 0 aliphatic heterocycles. The number of hydrogen-bond donors (Lipinski definition) is 2. The molecule has 0 aliphatic carbocycles. The van der Waals surface area contributed by atoms with Gasteiger partial charge < -0.3 is 14.6 Å². The molecule has 0 radical (unpaired) electrons. The first-order valence-electron chi connectivity index (χ1n) is 8.86. The summed E-state index contributed by atoms with van der Waals surface area (Å²) in [6.45, 7) is 4.26. The number of carbonyl (C=O) groups is 2. The second kappa shape index (κ2) is 9.53. The molecule has 0 saturated heterocycles. The first kappa shape index (κ1) is 20.8. The number of rotatable bonds is 9. The van der Waals surface area contributed by atoms with Gasteiger partial charge in [-0.3, -0.25) is 10.1 Å². The highest BCUT2D eigenvalue weighted by molar-refractivity contribution is 7.14.